The number of rotatable bonds is 1. The second-order valence-corrected chi connectivity index (χ2v) is 2.98. The van der Waals surface area contributed by atoms with Gasteiger partial charge in [-0.15, -0.1) is 0 Å². The standard InChI is InChI=1S/C7H12O4/c8-5-2-1-4(7(10)11)3-6(5)9/h4-6,8-9H,1-3H2,(H,10,11). The van der Waals surface area contributed by atoms with Crippen molar-refractivity contribution in [1.82, 2.24) is 0 Å². The van der Waals surface area contributed by atoms with Crippen molar-refractivity contribution in [3.8, 4) is 0 Å². The van der Waals surface area contributed by atoms with Gasteiger partial charge in [0.15, 0.2) is 0 Å². The minimum absolute atomic E-state index is 0.177. The van der Waals surface area contributed by atoms with Crippen LogP contribution in [0.3, 0.4) is 0 Å². The van der Waals surface area contributed by atoms with Crippen molar-refractivity contribution in [3.63, 3.8) is 0 Å². The molecule has 4 nitrogen and oxygen atoms in total. The summed E-state index contributed by atoms with van der Waals surface area (Å²) in [6.07, 6.45) is -0.558. The Morgan fingerprint density at radius 2 is 1.82 bits per heavy atom. The zero-order valence-corrected chi connectivity index (χ0v) is 6.10. The van der Waals surface area contributed by atoms with E-state index in [0.717, 1.165) is 0 Å². The first-order valence-corrected chi connectivity index (χ1v) is 3.70. The number of carbonyl (C=O) groups is 1. The minimum Gasteiger partial charge on any atom is -0.481 e. The fourth-order valence-electron chi connectivity index (χ4n) is 1.36. The van der Waals surface area contributed by atoms with E-state index in [4.69, 9.17) is 15.3 Å². The molecule has 1 saturated carbocycles. The molecule has 0 spiro atoms. The molecule has 3 atom stereocenters. The number of carboxylic acid groups (broad SMARTS) is 1. The summed E-state index contributed by atoms with van der Waals surface area (Å²) in [5.41, 5.74) is 0. The zero-order chi connectivity index (χ0) is 8.43. The third-order valence-electron chi connectivity index (χ3n) is 2.13. The smallest absolute Gasteiger partial charge is 0.306 e. The second kappa shape index (κ2) is 3.19. The average Bonchev–Trinajstić information content (AvgIpc) is 1.94. The van der Waals surface area contributed by atoms with Crippen LogP contribution in [0.25, 0.3) is 0 Å². The molecule has 0 bridgehead atoms. The predicted molar refractivity (Wildman–Crippen MR) is 37.0 cm³/mol. The van der Waals surface area contributed by atoms with Crippen molar-refractivity contribution in [2.24, 2.45) is 5.92 Å². The molecule has 3 unspecified atom stereocenters. The molecule has 1 aliphatic carbocycles. The normalized spacial score (nSPS) is 38.5. The van der Waals surface area contributed by atoms with Gasteiger partial charge in [0.05, 0.1) is 18.1 Å². The summed E-state index contributed by atoms with van der Waals surface area (Å²) in [4.78, 5) is 10.4. The van der Waals surface area contributed by atoms with Gasteiger partial charge in [0, 0.05) is 0 Å². The van der Waals surface area contributed by atoms with Crippen LogP contribution in [0.2, 0.25) is 0 Å². The summed E-state index contributed by atoms with van der Waals surface area (Å²) in [7, 11) is 0. The molecule has 0 radical (unpaired) electrons. The molecule has 0 aliphatic heterocycles. The van der Waals surface area contributed by atoms with Crippen LogP contribution in [0, 0.1) is 5.92 Å². The fourth-order valence-corrected chi connectivity index (χ4v) is 1.36. The number of carboxylic acids is 1. The minimum atomic E-state index is -0.879. The van der Waals surface area contributed by atoms with Crippen molar-refractivity contribution < 1.29 is 20.1 Å². The van der Waals surface area contributed by atoms with E-state index >= 15 is 0 Å². The Kier molecular flexibility index (Phi) is 2.46. The lowest BCUT2D eigenvalue weighted by molar-refractivity contribution is -0.146. The molecule has 64 valence electrons. The quantitative estimate of drug-likeness (QED) is 0.487. The van der Waals surface area contributed by atoms with Crippen molar-refractivity contribution >= 4 is 5.97 Å². The van der Waals surface area contributed by atoms with Crippen molar-refractivity contribution in [2.45, 2.75) is 31.5 Å². The molecule has 0 aromatic heterocycles. The van der Waals surface area contributed by atoms with Gasteiger partial charge in [-0.2, -0.15) is 0 Å². The molecule has 0 amide bonds. The number of aliphatic carboxylic acids is 1. The van der Waals surface area contributed by atoms with E-state index in [9.17, 15) is 4.79 Å². The van der Waals surface area contributed by atoms with Crippen LogP contribution in [-0.2, 0) is 4.79 Å². The zero-order valence-electron chi connectivity index (χ0n) is 6.10. The van der Waals surface area contributed by atoms with Gasteiger partial charge in [-0.05, 0) is 19.3 Å². The highest BCUT2D eigenvalue weighted by Crippen LogP contribution is 2.24. The lowest BCUT2D eigenvalue weighted by atomic mass is 9.85. The lowest BCUT2D eigenvalue weighted by Crippen LogP contribution is -2.36. The maximum absolute atomic E-state index is 10.4. The van der Waals surface area contributed by atoms with Crippen LogP contribution < -0.4 is 0 Å². The number of hydrogen-bond donors (Lipinski definition) is 3. The van der Waals surface area contributed by atoms with E-state index < -0.39 is 24.1 Å². The molecule has 0 aromatic rings. The molecular formula is C7H12O4. The summed E-state index contributed by atoms with van der Waals surface area (Å²) < 4.78 is 0. The van der Waals surface area contributed by atoms with Gasteiger partial charge < -0.3 is 15.3 Å². The Hall–Kier alpha value is -0.610. The summed E-state index contributed by atoms with van der Waals surface area (Å²) in [5, 5.41) is 26.7. The van der Waals surface area contributed by atoms with E-state index in [1.54, 1.807) is 0 Å². The third kappa shape index (κ3) is 1.91. The molecule has 1 aliphatic rings. The first-order valence-electron chi connectivity index (χ1n) is 3.70. The average molecular weight is 160 g/mol. The Morgan fingerprint density at radius 3 is 2.27 bits per heavy atom. The molecule has 1 fully saturated rings. The SMILES string of the molecule is O=C(O)C1CCC(O)C(O)C1. The third-order valence-corrected chi connectivity index (χ3v) is 2.13. The lowest BCUT2D eigenvalue weighted by Gasteiger charge is -2.27. The van der Waals surface area contributed by atoms with Gasteiger partial charge in [0.25, 0.3) is 0 Å². The monoisotopic (exact) mass is 160 g/mol. The first kappa shape index (κ1) is 8.49. The Balaban J connectivity index is 2.46. The van der Waals surface area contributed by atoms with Gasteiger partial charge in [-0.3, -0.25) is 4.79 Å². The molecule has 11 heavy (non-hydrogen) atoms. The van der Waals surface area contributed by atoms with E-state index in [1.807, 2.05) is 0 Å². The maximum atomic E-state index is 10.4. The Labute approximate surface area is 64.5 Å². The maximum Gasteiger partial charge on any atom is 0.306 e. The van der Waals surface area contributed by atoms with Crippen LogP contribution >= 0.6 is 0 Å². The molecule has 0 aromatic carbocycles. The Morgan fingerprint density at radius 1 is 1.18 bits per heavy atom. The van der Waals surface area contributed by atoms with Crippen molar-refractivity contribution in [3.05, 3.63) is 0 Å². The largest absolute Gasteiger partial charge is 0.481 e. The van der Waals surface area contributed by atoms with E-state index in [0.29, 0.717) is 12.8 Å². The van der Waals surface area contributed by atoms with E-state index in [2.05, 4.69) is 0 Å². The van der Waals surface area contributed by atoms with E-state index in [1.165, 1.54) is 0 Å². The van der Waals surface area contributed by atoms with Crippen molar-refractivity contribution in [1.29, 1.82) is 0 Å². The molecule has 0 heterocycles. The van der Waals surface area contributed by atoms with Crippen LogP contribution in [0.4, 0.5) is 0 Å². The summed E-state index contributed by atoms with van der Waals surface area (Å²) in [5.74, 6) is -1.36. The molecule has 4 heteroatoms. The van der Waals surface area contributed by atoms with Gasteiger partial charge in [0.1, 0.15) is 0 Å². The number of hydrogen-bond acceptors (Lipinski definition) is 3. The predicted octanol–water partition coefficient (Wildman–Crippen LogP) is -0.407. The molecule has 0 saturated heterocycles. The van der Waals surface area contributed by atoms with Gasteiger partial charge in [0.2, 0.25) is 0 Å². The van der Waals surface area contributed by atoms with Crippen LogP contribution in [0.15, 0.2) is 0 Å². The highest BCUT2D eigenvalue weighted by atomic mass is 16.4. The summed E-state index contributed by atoms with van der Waals surface area (Å²) >= 11 is 0. The number of aliphatic hydroxyl groups is 2. The molecule has 3 N–H and O–H groups in total. The van der Waals surface area contributed by atoms with Gasteiger partial charge >= 0.3 is 5.97 Å². The summed E-state index contributed by atoms with van der Waals surface area (Å²) in [6.45, 7) is 0. The molecular weight excluding hydrogens is 148 g/mol. The second-order valence-electron chi connectivity index (χ2n) is 2.98. The van der Waals surface area contributed by atoms with E-state index in [-0.39, 0.29) is 6.42 Å². The van der Waals surface area contributed by atoms with Crippen molar-refractivity contribution in [2.75, 3.05) is 0 Å². The van der Waals surface area contributed by atoms with Gasteiger partial charge in [-0.1, -0.05) is 0 Å². The van der Waals surface area contributed by atoms with Crippen LogP contribution in [0.1, 0.15) is 19.3 Å². The highest BCUT2D eigenvalue weighted by molar-refractivity contribution is 5.70. The van der Waals surface area contributed by atoms with Crippen LogP contribution in [-0.4, -0.2) is 33.5 Å². The summed E-state index contributed by atoms with van der Waals surface area (Å²) in [6, 6.07) is 0. The Bertz CT molecular complexity index is 157. The number of aliphatic hydroxyl groups excluding tert-OH is 2. The topological polar surface area (TPSA) is 77.8 Å². The first-order chi connectivity index (χ1) is 5.11. The highest BCUT2D eigenvalue weighted by Gasteiger charge is 2.31. The fraction of sp³-hybridized carbons (Fsp3) is 0.857. The molecule has 1 rings (SSSR count). The van der Waals surface area contributed by atoms with Crippen LogP contribution in [0.5, 0.6) is 0 Å². The van der Waals surface area contributed by atoms with Gasteiger partial charge in [-0.25, -0.2) is 0 Å².